The number of hydrogen-bond acceptors (Lipinski definition) is 5. The summed E-state index contributed by atoms with van der Waals surface area (Å²) in [5, 5.41) is 9.97. The lowest BCUT2D eigenvalue weighted by molar-refractivity contribution is 0.00940. The number of pyridine rings is 1. The van der Waals surface area contributed by atoms with Gasteiger partial charge in [0, 0.05) is 25.5 Å². The van der Waals surface area contributed by atoms with E-state index in [0.29, 0.717) is 19.4 Å². The molecule has 0 aromatic carbocycles. The Bertz CT molecular complexity index is 542. The van der Waals surface area contributed by atoms with Crippen LogP contribution in [-0.4, -0.2) is 41.5 Å². The lowest BCUT2D eigenvalue weighted by atomic mass is 9.97. The predicted molar refractivity (Wildman–Crippen MR) is 67.3 cm³/mol. The van der Waals surface area contributed by atoms with Crippen molar-refractivity contribution >= 4 is 15.7 Å². The van der Waals surface area contributed by atoms with E-state index in [9.17, 15) is 13.5 Å². The molecule has 1 unspecified atom stereocenters. The summed E-state index contributed by atoms with van der Waals surface area (Å²) >= 11 is 0. The number of piperidine rings is 1. The van der Waals surface area contributed by atoms with Crippen molar-refractivity contribution in [3.63, 3.8) is 0 Å². The number of aliphatic hydroxyl groups is 1. The summed E-state index contributed by atoms with van der Waals surface area (Å²) in [6, 6.07) is 1.45. The third kappa shape index (κ3) is 2.47. The van der Waals surface area contributed by atoms with E-state index in [4.69, 9.17) is 5.73 Å². The second kappa shape index (κ2) is 4.49. The van der Waals surface area contributed by atoms with Gasteiger partial charge in [0.2, 0.25) is 10.0 Å². The monoisotopic (exact) mass is 271 g/mol. The van der Waals surface area contributed by atoms with Crippen molar-refractivity contribution in [3.05, 3.63) is 18.5 Å². The van der Waals surface area contributed by atoms with Crippen LogP contribution in [0.1, 0.15) is 19.8 Å². The average Bonchev–Trinajstić information content (AvgIpc) is 2.28. The van der Waals surface area contributed by atoms with Crippen molar-refractivity contribution < 1.29 is 13.5 Å². The molecule has 0 radical (unpaired) electrons. The first-order chi connectivity index (χ1) is 8.33. The topological polar surface area (TPSA) is 96.5 Å². The molecule has 100 valence electrons. The second-order valence-corrected chi connectivity index (χ2v) is 6.76. The highest BCUT2D eigenvalue weighted by Gasteiger charge is 2.36. The van der Waals surface area contributed by atoms with Crippen LogP contribution in [0.3, 0.4) is 0 Å². The first kappa shape index (κ1) is 13.3. The van der Waals surface area contributed by atoms with Gasteiger partial charge in [-0.05, 0) is 25.8 Å². The van der Waals surface area contributed by atoms with Crippen LogP contribution in [-0.2, 0) is 10.0 Å². The maximum Gasteiger partial charge on any atom is 0.246 e. The van der Waals surface area contributed by atoms with Gasteiger partial charge in [0.15, 0.2) is 0 Å². The Morgan fingerprint density at radius 2 is 2.28 bits per heavy atom. The summed E-state index contributed by atoms with van der Waals surface area (Å²) < 4.78 is 26.0. The second-order valence-electron chi connectivity index (χ2n) is 4.85. The Balaban J connectivity index is 2.35. The first-order valence-corrected chi connectivity index (χ1v) is 7.19. The molecule has 7 heteroatoms. The number of nitrogens with zero attached hydrogens (tertiary/aromatic N) is 2. The molecule has 1 aromatic rings. The van der Waals surface area contributed by atoms with Gasteiger partial charge in [-0.25, -0.2) is 8.42 Å². The van der Waals surface area contributed by atoms with E-state index in [0.717, 1.165) is 0 Å². The normalized spacial score (nSPS) is 26.1. The Hall–Kier alpha value is -1.18. The fourth-order valence-electron chi connectivity index (χ4n) is 2.12. The fourth-order valence-corrected chi connectivity index (χ4v) is 3.78. The van der Waals surface area contributed by atoms with Crippen molar-refractivity contribution in [2.45, 2.75) is 30.3 Å². The summed E-state index contributed by atoms with van der Waals surface area (Å²) in [5.41, 5.74) is 4.86. The molecule has 2 rings (SSSR count). The lowest BCUT2D eigenvalue weighted by Crippen LogP contribution is -2.48. The number of rotatable bonds is 2. The molecule has 0 amide bonds. The van der Waals surface area contributed by atoms with Crippen LogP contribution in [0.2, 0.25) is 0 Å². The zero-order valence-electron chi connectivity index (χ0n) is 10.2. The SMILES string of the molecule is CC1(O)CCCN(S(=O)(=O)c2cnccc2N)C1. The molecule has 1 aromatic heterocycles. The van der Waals surface area contributed by atoms with Crippen LogP contribution in [0.25, 0.3) is 0 Å². The summed E-state index contributed by atoms with van der Waals surface area (Å²) in [7, 11) is -3.68. The number of aromatic nitrogens is 1. The number of β-amino-alcohol motifs (C(OH)–C–C–N with tert-alkyl or cyclic N) is 1. The van der Waals surface area contributed by atoms with E-state index in [1.807, 2.05) is 0 Å². The number of sulfonamides is 1. The number of hydrogen-bond donors (Lipinski definition) is 2. The summed E-state index contributed by atoms with van der Waals surface area (Å²) in [6.45, 7) is 2.12. The fraction of sp³-hybridized carbons (Fsp3) is 0.545. The van der Waals surface area contributed by atoms with Crippen LogP contribution < -0.4 is 5.73 Å². The molecule has 2 heterocycles. The van der Waals surface area contributed by atoms with E-state index in [2.05, 4.69) is 4.98 Å². The molecule has 1 fully saturated rings. The Labute approximate surface area is 106 Å². The molecule has 0 aliphatic carbocycles. The molecule has 0 spiro atoms. The molecule has 0 saturated carbocycles. The van der Waals surface area contributed by atoms with E-state index >= 15 is 0 Å². The van der Waals surface area contributed by atoms with E-state index in [1.54, 1.807) is 6.92 Å². The van der Waals surface area contributed by atoms with Crippen molar-refractivity contribution in [3.8, 4) is 0 Å². The predicted octanol–water partition coefficient (Wildman–Crippen LogP) is 0.199. The number of nitrogens with two attached hydrogens (primary N) is 1. The van der Waals surface area contributed by atoms with Crippen molar-refractivity contribution in [2.24, 2.45) is 0 Å². The van der Waals surface area contributed by atoms with Gasteiger partial charge in [-0.3, -0.25) is 4.98 Å². The largest absolute Gasteiger partial charge is 0.398 e. The average molecular weight is 271 g/mol. The first-order valence-electron chi connectivity index (χ1n) is 5.75. The molecule has 1 aliphatic rings. The summed E-state index contributed by atoms with van der Waals surface area (Å²) in [6.07, 6.45) is 3.92. The van der Waals surface area contributed by atoms with Crippen LogP contribution in [0.4, 0.5) is 5.69 Å². The van der Waals surface area contributed by atoms with Gasteiger partial charge >= 0.3 is 0 Å². The molecule has 18 heavy (non-hydrogen) atoms. The molecular weight excluding hydrogens is 254 g/mol. The standard InChI is InChI=1S/C11H17N3O3S/c1-11(15)4-2-6-14(8-11)18(16,17)10-7-13-5-3-9(10)12/h3,5,7,15H,2,4,6,8H2,1H3,(H2,12,13). The quantitative estimate of drug-likeness (QED) is 0.801. The molecule has 3 N–H and O–H groups in total. The minimum Gasteiger partial charge on any atom is -0.398 e. The van der Waals surface area contributed by atoms with Crippen molar-refractivity contribution in [1.82, 2.24) is 9.29 Å². The maximum atomic E-state index is 12.4. The van der Waals surface area contributed by atoms with Crippen LogP contribution in [0.5, 0.6) is 0 Å². The van der Waals surface area contributed by atoms with Gasteiger partial charge in [0.25, 0.3) is 0 Å². The Morgan fingerprint density at radius 3 is 2.89 bits per heavy atom. The van der Waals surface area contributed by atoms with Crippen molar-refractivity contribution in [1.29, 1.82) is 0 Å². The smallest absolute Gasteiger partial charge is 0.246 e. The molecule has 1 atom stereocenters. The minimum absolute atomic E-state index is 0.00250. The zero-order chi connectivity index (χ0) is 13.4. The summed E-state index contributed by atoms with van der Waals surface area (Å²) in [5.74, 6) is 0. The molecule has 1 saturated heterocycles. The maximum absolute atomic E-state index is 12.4. The van der Waals surface area contributed by atoms with Gasteiger partial charge in [-0.1, -0.05) is 0 Å². The summed E-state index contributed by atoms with van der Waals surface area (Å²) in [4.78, 5) is 3.80. The van der Waals surface area contributed by atoms with Crippen LogP contribution in [0.15, 0.2) is 23.4 Å². The van der Waals surface area contributed by atoms with Gasteiger partial charge < -0.3 is 10.8 Å². The van der Waals surface area contributed by atoms with Gasteiger partial charge in [-0.2, -0.15) is 4.31 Å². The third-order valence-corrected chi connectivity index (χ3v) is 4.96. The highest BCUT2D eigenvalue weighted by Crippen LogP contribution is 2.27. The van der Waals surface area contributed by atoms with Crippen molar-refractivity contribution in [2.75, 3.05) is 18.8 Å². The minimum atomic E-state index is -3.68. The van der Waals surface area contributed by atoms with E-state index in [1.165, 1.54) is 22.8 Å². The zero-order valence-corrected chi connectivity index (χ0v) is 11.0. The molecule has 1 aliphatic heterocycles. The highest BCUT2D eigenvalue weighted by atomic mass is 32.2. The van der Waals surface area contributed by atoms with E-state index in [-0.39, 0.29) is 17.1 Å². The van der Waals surface area contributed by atoms with Crippen LogP contribution >= 0.6 is 0 Å². The molecule has 6 nitrogen and oxygen atoms in total. The Morgan fingerprint density at radius 1 is 1.56 bits per heavy atom. The number of nitrogen functional groups attached to an aromatic ring is 1. The van der Waals surface area contributed by atoms with Gasteiger partial charge in [0.05, 0.1) is 11.3 Å². The number of anilines is 1. The molecular formula is C11H17N3O3S. The lowest BCUT2D eigenvalue weighted by Gasteiger charge is -2.35. The van der Waals surface area contributed by atoms with E-state index < -0.39 is 15.6 Å². The van der Waals surface area contributed by atoms with Gasteiger partial charge in [-0.15, -0.1) is 0 Å². The third-order valence-electron chi connectivity index (χ3n) is 3.07. The Kier molecular flexibility index (Phi) is 3.31. The highest BCUT2D eigenvalue weighted by molar-refractivity contribution is 7.89. The van der Waals surface area contributed by atoms with Gasteiger partial charge in [0.1, 0.15) is 4.90 Å². The molecule has 0 bridgehead atoms. The van der Waals surface area contributed by atoms with Crippen LogP contribution in [0, 0.1) is 0 Å².